The van der Waals surface area contributed by atoms with E-state index in [1.807, 2.05) is 49.4 Å². The molecule has 0 saturated heterocycles. The second-order valence-electron chi connectivity index (χ2n) is 7.39. The lowest BCUT2D eigenvalue weighted by Crippen LogP contribution is -2.38. The van der Waals surface area contributed by atoms with Crippen LogP contribution in [0, 0.1) is 6.92 Å². The SMILES string of the molecule is CCN(CC)C(CNC(=O)c1ccc(SCc2csc(C)n2)cc1)c1cccc(OC)c1. The first kappa shape index (κ1) is 24.3. The summed E-state index contributed by atoms with van der Waals surface area (Å²) in [7, 11) is 1.67. The van der Waals surface area contributed by atoms with Crippen LogP contribution in [0.3, 0.4) is 0 Å². The molecule has 3 aromatic rings. The van der Waals surface area contributed by atoms with E-state index in [0.717, 1.165) is 45.8 Å². The van der Waals surface area contributed by atoms with Crippen molar-refractivity contribution in [1.29, 1.82) is 0 Å². The fourth-order valence-electron chi connectivity index (χ4n) is 3.60. The number of hydrogen-bond acceptors (Lipinski definition) is 6. The molecule has 1 unspecified atom stereocenters. The number of thiazole rings is 1. The highest BCUT2D eigenvalue weighted by atomic mass is 32.2. The second kappa shape index (κ2) is 12.0. The predicted octanol–water partition coefficient (Wildman–Crippen LogP) is 5.57. The van der Waals surface area contributed by atoms with Crippen LogP contribution in [0.4, 0.5) is 0 Å². The molecule has 0 aliphatic heterocycles. The van der Waals surface area contributed by atoms with Crippen LogP contribution in [0.2, 0.25) is 0 Å². The largest absolute Gasteiger partial charge is 0.497 e. The van der Waals surface area contributed by atoms with E-state index in [1.165, 1.54) is 0 Å². The Kier molecular flexibility index (Phi) is 9.14. The van der Waals surface area contributed by atoms with Crippen molar-refractivity contribution in [3.63, 3.8) is 0 Å². The van der Waals surface area contributed by atoms with Crippen LogP contribution in [-0.4, -0.2) is 42.5 Å². The number of rotatable bonds is 11. The van der Waals surface area contributed by atoms with E-state index in [0.29, 0.717) is 12.1 Å². The molecule has 1 heterocycles. The summed E-state index contributed by atoms with van der Waals surface area (Å²) >= 11 is 3.40. The standard InChI is InChI=1S/C25H31N3O2S2/c1-5-28(6-2)24(20-8-7-9-22(14-20)30-4)15-26-25(29)19-10-12-23(13-11-19)32-17-21-16-31-18(3)27-21/h7-14,16,24H,5-6,15,17H2,1-4H3,(H,26,29). The summed E-state index contributed by atoms with van der Waals surface area (Å²) in [4.78, 5) is 20.8. The number of aryl methyl sites for hydroxylation is 1. The summed E-state index contributed by atoms with van der Waals surface area (Å²) in [5.74, 6) is 1.60. The molecule has 1 aromatic heterocycles. The van der Waals surface area contributed by atoms with E-state index in [9.17, 15) is 4.79 Å². The van der Waals surface area contributed by atoms with Crippen molar-refractivity contribution in [3.8, 4) is 5.75 Å². The number of aromatic nitrogens is 1. The number of thioether (sulfide) groups is 1. The van der Waals surface area contributed by atoms with Gasteiger partial charge >= 0.3 is 0 Å². The van der Waals surface area contributed by atoms with Gasteiger partial charge in [-0.3, -0.25) is 9.69 Å². The lowest BCUT2D eigenvalue weighted by Gasteiger charge is -2.30. The third kappa shape index (κ3) is 6.58. The number of carbonyl (C=O) groups is 1. The average molecular weight is 470 g/mol. The Balaban J connectivity index is 1.62. The lowest BCUT2D eigenvalue weighted by atomic mass is 10.0. The zero-order chi connectivity index (χ0) is 22.9. The Hall–Kier alpha value is -2.35. The summed E-state index contributed by atoms with van der Waals surface area (Å²) in [6, 6.07) is 15.9. The van der Waals surface area contributed by atoms with Gasteiger partial charge in [0.15, 0.2) is 0 Å². The van der Waals surface area contributed by atoms with Crippen molar-refractivity contribution in [2.45, 2.75) is 37.5 Å². The van der Waals surface area contributed by atoms with Crippen LogP contribution in [0.25, 0.3) is 0 Å². The van der Waals surface area contributed by atoms with Crippen LogP contribution in [0.1, 0.15) is 46.5 Å². The lowest BCUT2D eigenvalue weighted by molar-refractivity contribution is 0.0935. The zero-order valence-corrected chi connectivity index (χ0v) is 20.8. The molecular formula is C25H31N3O2S2. The fraction of sp³-hybridized carbons (Fsp3) is 0.360. The highest BCUT2D eigenvalue weighted by Gasteiger charge is 2.20. The summed E-state index contributed by atoms with van der Waals surface area (Å²) < 4.78 is 5.40. The molecular weight excluding hydrogens is 438 g/mol. The normalized spacial score (nSPS) is 12.0. The zero-order valence-electron chi connectivity index (χ0n) is 19.1. The van der Waals surface area contributed by atoms with Gasteiger partial charge in [-0.2, -0.15) is 0 Å². The Morgan fingerprint density at radius 1 is 1.19 bits per heavy atom. The van der Waals surface area contributed by atoms with Crippen molar-refractivity contribution in [2.75, 3.05) is 26.7 Å². The van der Waals surface area contributed by atoms with Gasteiger partial charge in [0.25, 0.3) is 5.91 Å². The predicted molar refractivity (Wildman–Crippen MR) is 134 cm³/mol. The van der Waals surface area contributed by atoms with Gasteiger partial charge in [0, 0.05) is 28.1 Å². The third-order valence-electron chi connectivity index (χ3n) is 5.36. The van der Waals surface area contributed by atoms with E-state index in [4.69, 9.17) is 4.74 Å². The molecule has 1 atom stereocenters. The van der Waals surface area contributed by atoms with Gasteiger partial charge in [-0.15, -0.1) is 23.1 Å². The topological polar surface area (TPSA) is 54.5 Å². The summed E-state index contributed by atoms with van der Waals surface area (Å²) in [5, 5.41) is 6.31. The van der Waals surface area contributed by atoms with E-state index in [-0.39, 0.29) is 11.9 Å². The smallest absolute Gasteiger partial charge is 0.251 e. The molecule has 5 nitrogen and oxygen atoms in total. The molecule has 0 aliphatic rings. The molecule has 0 fully saturated rings. The number of likely N-dealkylation sites (N-methyl/N-ethyl adjacent to an activating group) is 1. The molecule has 0 spiro atoms. The third-order valence-corrected chi connectivity index (χ3v) is 7.23. The van der Waals surface area contributed by atoms with Crippen molar-refractivity contribution < 1.29 is 9.53 Å². The van der Waals surface area contributed by atoms with Crippen molar-refractivity contribution >= 4 is 29.0 Å². The van der Waals surface area contributed by atoms with Crippen LogP contribution in [-0.2, 0) is 5.75 Å². The first-order chi connectivity index (χ1) is 15.5. The number of amides is 1. The molecule has 0 bridgehead atoms. The molecule has 2 aromatic carbocycles. The number of methoxy groups -OCH3 is 1. The monoisotopic (exact) mass is 469 g/mol. The highest BCUT2D eigenvalue weighted by molar-refractivity contribution is 7.98. The molecule has 1 amide bonds. The Bertz CT molecular complexity index is 1000. The molecule has 0 saturated carbocycles. The second-order valence-corrected chi connectivity index (χ2v) is 9.51. The summed E-state index contributed by atoms with van der Waals surface area (Å²) in [6.45, 7) is 8.64. The number of nitrogens with zero attached hydrogens (tertiary/aromatic N) is 2. The summed E-state index contributed by atoms with van der Waals surface area (Å²) in [6.07, 6.45) is 0. The maximum atomic E-state index is 12.8. The molecule has 0 radical (unpaired) electrons. The number of benzene rings is 2. The maximum absolute atomic E-state index is 12.8. The minimum absolute atomic E-state index is 0.0586. The Morgan fingerprint density at radius 3 is 2.56 bits per heavy atom. The van der Waals surface area contributed by atoms with Gasteiger partial charge in [-0.25, -0.2) is 4.98 Å². The Labute approximate surface area is 199 Å². The van der Waals surface area contributed by atoms with Gasteiger partial charge in [0.2, 0.25) is 0 Å². The number of carbonyl (C=O) groups excluding carboxylic acids is 1. The van der Waals surface area contributed by atoms with E-state index in [2.05, 4.69) is 40.5 Å². The molecule has 0 aliphatic carbocycles. The van der Waals surface area contributed by atoms with Gasteiger partial charge in [-0.05, 0) is 62.0 Å². The van der Waals surface area contributed by atoms with Gasteiger partial charge in [-0.1, -0.05) is 26.0 Å². The number of nitrogens with one attached hydrogen (secondary N) is 1. The van der Waals surface area contributed by atoms with Gasteiger partial charge in [0.1, 0.15) is 5.75 Å². The minimum Gasteiger partial charge on any atom is -0.497 e. The Morgan fingerprint density at radius 2 is 1.94 bits per heavy atom. The molecule has 170 valence electrons. The van der Waals surface area contributed by atoms with E-state index < -0.39 is 0 Å². The summed E-state index contributed by atoms with van der Waals surface area (Å²) in [5.41, 5.74) is 2.90. The van der Waals surface area contributed by atoms with Crippen LogP contribution in [0.15, 0.2) is 58.8 Å². The van der Waals surface area contributed by atoms with Crippen molar-refractivity contribution in [2.24, 2.45) is 0 Å². The van der Waals surface area contributed by atoms with Crippen molar-refractivity contribution in [3.05, 3.63) is 75.7 Å². The quantitative estimate of drug-likeness (QED) is 0.372. The highest BCUT2D eigenvalue weighted by Crippen LogP contribution is 2.25. The van der Waals surface area contributed by atoms with Gasteiger partial charge in [0.05, 0.1) is 23.9 Å². The van der Waals surface area contributed by atoms with Gasteiger partial charge < -0.3 is 10.1 Å². The van der Waals surface area contributed by atoms with E-state index >= 15 is 0 Å². The first-order valence-electron chi connectivity index (χ1n) is 10.8. The average Bonchev–Trinajstić information content (AvgIpc) is 3.25. The minimum atomic E-state index is -0.0586. The number of ether oxygens (including phenoxy) is 1. The maximum Gasteiger partial charge on any atom is 0.251 e. The van der Waals surface area contributed by atoms with Crippen molar-refractivity contribution in [1.82, 2.24) is 15.2 Å². The van der Waals surface area contributed by atoms with Crippen LogP contribution < -0.4 is 10.1 Å². The molecule has 3 rings (SSSR count). The fourth-order valence-corrected chi connectivity index (χ4v) is 5.11. The first-order valence-corrected chi connectivity index (χ1v) is 12.7. The molecule has 32 heavy (non-hydrogen) atoms. The molecule has 7 heteroatoms. The van der Waals surface area contributed by atoms with Crippen LogP contribution >= 0.6 is 23.1 Å². The molecule has 1 N–H and O–H groups in total. The van der Waals surface area contributed by atoms with Crippen LogP contribution in [0.5, 0.6) is 5.75 Å². The number of hydrogen-bond donors (Lipinski definition) is 1. The van der Waals surface area contributed by atoms with E-state index in [1.54, 1.807) is 30.2 Å².